The highest BCUT2D eigenvalue weighted by Gasteiger charge is 2.08. The first-order valence-corrected chi connectivity index (χ1v) is 7.15. The Hall–Kier alpha value is -2.86. The third-order valence-electron chi connectivity index (χ3n) is 3.30. The van der Waals surface area contributed by atoms with Gasteiger partial charge < -0.3 is 15.1 Å². The van der Waals surface area contributed by atoms with Gasteiger partial charge in [-0.25, -0.2) is 5.43 Å². The van der Waals surface area contributed by atoms with Crippen molar-refractivity contribution >= 4 is 17.8 Å². The Morgan fingerprint density at radius 1 is 1.22 bits per heavy atom. The van der Waals surface area contributed by atoms with Crippen LogP contribution >= 0.6 is 0 Å². The topological polar surface area (TPSA) is 85.2 Å². The predicted molar refractivity (Wildman–Crippen MR) is 90.0 cm³/mol. The van der Waals surface area contributed by atoms with Crippen molar-refractivity contribution in [2.24, 2.45) is 5.10 Å². The Morgan fingerprint density at radius 2 is 1.91 bits per heavy atom. The van der Waals surface area contributed by atoms with E-state index in [0.29, 0.717) is 6.54 Å². The van der Waals surface area contributed by atoms with Crippen LogP contribution in [0.15, 0.2) is 53.6 Å². The van der Waals surface area contributed by atoms with Gasteiger partial charge in [0.25, 0.3) is 5.91 Å². The number of carbonyl (C=O) groups excluding carboxylic acids is 1. The molecule has 120 valence electrons. The van der Waals surface area contributed by atoms with Gasteiger partial charge in [0.05, 0.1) is 18.4 Å². The van der Waals surface area contributed by atoms with Crippen LogP contribution in [-0.2, 0) is 0 Å². The highest BCUT2D eigenvalue weighted by atomic mass is 16.3. The lowest BCUT2D eigenvalue weighted by Crippen LogP contribution is -2.20. The molecule has 0 fully saturated rings. The van der Waals surface area contributed by atoms with E-state index in [9.17, 15) is 9.90 Å². The second-order valence-corrected chi connectivity index (χ2v) is 4.95. The van der Waals surface area contributed by atoms with Gasteiger partial charge in [-0.1, -0.05) is 24.3 Å². The zero-order valence-corrected chi connectivity index (χ0v) is 12.8. The number of benzene rings is 2. The van der Waals surface area contributed by atoms with E-state index in [1.165, 1.54) is 18.3 Å². The molecule has 0 radical (unpaired) electrons. The van der Waals surface area contributed by atoms with Crippen molar-refractivity contribution in [3.8, 4) is 5.75 Å². The molecular formula is C17H19N3O3. The van der Waals surface area contributed by atoms with E-state index < -0.39 is 5.91 Å². The first-order chi connectivity index (χ1) is 11.1. The number of phenols is 1. The van der Waals surface area contributed by atoms with Crippen molar-refractivity contribution in [3.05, 3.63) is 59.7 Å². The van der Waals surface area contributed by atoms with E-state index in [-0.39, 0.29) is 17.9 Å². The van der Waals surface area contributed by atoms with Crippen LogP contribution < -0.4 is 10.3 Å². The van der Waals surface area contributed by atoms with Crippen LogP contribution in [0, 0.1) is 0 Å². The van der Waals surface area contributed by atoms with E-state index in [0.717, 1.165) is 11.3 Å². The van der Waals surface area contributed by atoms with Crippen LogP contribution in [0.2, 0.25) is 0 Å². The number of carbonyl (C=O) groups is 1. The number of likely N-dealkylation sites (N-methyl/N-ethyl adjacent to an activating group) is 1. The van der Waals surface area contributed by atoms with Gasteiger partial charge in [-0.05, 0) is 29.8 Å². The molecule has 0 aliphatic heterocycles. The lowest BCUT2D eigenvalue weighted by molar-refractivity contribution is 0.0952. The number of para-hydroxylation sites is 1. The number of hydrogen-bond donors (Lipinski definition) is 3. The molecular weight excluding hydrogens is 294 g/mol. The number of aromatic hydroxyl groups is 1. The lowest BCUT2D eigenvalue weighted by Gasteiger charge is -2.17. The van der Waals surface area contributed by atoms with E-state index >= 15 is 0 Å². The van der Waals surface area contributed by atoms with Crippen LogP contribution in [0.4, 0.5) is 5.69 Å². The summed E-state index contributed by atoms with van der Waals surface area (Å²) in [6.07, 6.45) is 1.52. The molecule has 0 bridgehead atoms. The number of aliphatic hydroxyl groups is 1. The maximum atomic E-state index is 11.9. The lowest BCUT2D eigenvalue weighted by atomic mass is 10.2. The molecule has 0 unspecified atom stereocenters. The Labute approximate surface area is 134 Å². The van der Waals surface area contributed by atoms with Crippen LogP contribution in [0.5, 0.6) is 5.75 Å². The Kier molecular flexibility index (Phi) is 5.71. The number of aliphatic hydroxyl groups excluding tert-OH is 1. The summed E-state index contributed by atoms with van der Waals surface area (Å²) >= 11 is 0. The smallest absolute Gasteiger partial charge is 0.275 e. The number of hydrogen-bond acceptors (Lipinski definition) is 5. The molecule has 1 amide bonds. The third-order valence-corrected chi connectivity index (χ3v) is 3.30. The molecule has 6 heteroatoms. The molecule has 0 aliphatic rings. The monoisotopic (exact) mass is 313 g/mol. The molecule has 6 nitrogen and oxygen atoms in total. The van der Waals surface area contributed by atoms with Crippen molar-refractivity contribution in [2.45, 2.75) is 0 Å². The third kappa shape index (κ3) is 4.55. The molecule has 2 aromatic carbocycles. The highest BCUT2D eigenvalue weighted by Crippen LogP contribution is 2.15. The summed E-state index contributed by atoms with van der Waals surface area (Å²) in [4.78, 5) is 13.8. The first kappa shape index (κ1) is 16.5. The van der Waals surface area contributed by atoms with E-state index in [2.05, 4.69) is 10.5 Å². The minimum absolute atomic E-state index is 0.0866. The van der Waals surface area contributed by atoms with Gasteiger partial charge in [0.15, 0.2) is 0 Å². The number of nitrogens with one attached hydrogen (secondary N) is 1. The zero-order valence-electron chi connectivity index (χ0n) is 12.8. The summed E-state index contributed by atoms with van der Waals surface area (Å²) in [6, 6.07) is 13.8. The minimum atomic E-state index is -0.473. The normalized spacial score (nSPS) is 10.7. The summed E-state index contributed by atoms with van der Waals surface area (Å²) < 4.78 is 0. The van der Waals surface area contributed by atoms with Crippen LogP contribution in [0.1, 0.15) is 15.9 Å². The average molecular weight is 313 g/mol. The van der Waals surface area contributed by atoms with Gasteiger partial charge >= 0.3 is 0 Å². The minimum Gasteiger partial charge on any atom is -0.507 e. The Morgan fingerprint density at radius 3 is 2.57 bits per heavy atom. The van der Waals surface area contributed by atoms with Crippen molar-refractivity contribution in [3.63, 3.8) is 0 Å². The predicted octanol–water partition coefficient (Wildman–Crippen LogP) is 1.58. The van der Waals surface area contributed by atoms with Crippen LogP contribution in [0.25, 0.3) is 0 Å². The van der Waals surface area contributed by atoms with Gasteiger partial charge in [0.1, 0.15) is 5.75 Å². The molecule has 23 heavy (non-hydrogen) atoms. The second kappa shape index (κ2) is 7.95. The summed E-state index contributed by atoms with van der Waals surface area (Å²) in [5.41, 5.74) is 4.35. The van der Waals surface area contributed by atoms with E-state index in [1.807, 2.05) is 36.2 Å². The molecule has 0 aliphatic carbocycles. The molecule has 0 saturated carbocycles. The number of amides is 1. The number of hydrazone groups is 1. The fourth-order valence-corrected chi connectivity index (χ4v) is 1.99. The quantitative estimate of drug-likeness (QED) is 0.558. The summed E-state index contributed by atoms with van der Waals surface area (Å²) in [5, 5.41) is 22.4. The van der Waals surface area contributed by atoms with Gasteiger partial charge in [-0.15, -0.1) is 0 Å². The summed E-state index contributed by atoms with van der Waals surface area (Å²) in [7, 11) is 1.89. The van der Waals surface area contributed by atoms with Crippen LogP contribution in [-0.4, -0.2) is 42.5 Å². The maximum absolute atomic E-state index is 11.9. The number of nitrogens with zero attached hydrogens (tertiary/aromatic N) is 2. The van der Waals surface area contributed by atoms with Crippen molar-refractivity contribution < 1.29 is 15.0 Å². The molecule has 0 saturated heterocycles. The van der Waals surface area contributed by atoms with Gasteiger partial charge in [-0.3, -0.25) is 4.79 Å². The molecule has 0 spiro atoms. The van der Waals surface area contributed by atoms with Crippen molar-refractivity contribution in [1.29, 1.82) is 0 Å². The maximum Gasteiger partial charge on any atom is 0.275 e. The molecule has 3 N–H and O–H groups in total. The first-order valence-electron chi connectivity index (χ1n) is 7.15. The average Bonchev–Trinajstić information content (AvgIpc) is 2.56. The molecule has 0 atom stereocenters. The molecule has 2 aromatic rings. The van der Waals surface area contributed by atoms with E-state index in [1.54, 1.807) is 12.1 Å². The number of rotatable bonds is 6. The zero-order chi connectivity index (χ0) is 16.7. The summed E-state index contributed by atoms with van der Waals surface area (Å²) in [6.45, 7) is 0.655. The number of anilines is 1. The molecule has 2 rings (SSSR count). The van der Waals surface area contributed by atoms with Gasteiger partial charge in [0.2, 0.25) is 0 Å². The van der Waals surface area contributed by atoms with Gasteiger partial charge in [0, 0.05) is 19.3 Å². The highest BCUT2D eigenvalue weighted by molar-refractivity contribution is 5.97. The van der Waals surface area contributed by atoms with Crippen LogP contribution in [0.3, 0.4) is 0 Å². The Balaban J connectivity index is 1.95. The fourth-order valence-electron chi connectivity index (χ4n) is 1.99. The standard InChI is InChI=1S/C17H19N3O3/c1-20(10-11-21)14-8-6-13(7-9-14)12-18-19-17(23)15-4-2-3-5-16(15)22/h2-9,12,21-22H,10-11H2,1H3,(H,19,23)/b18-12+. The second-order valence-electron chi connectivity index (χ2n) is 4.95. The van der Waals surface area contributed by atoms with Crippen molar-refractivity contribution in [1.82, 2.24) is 5.43 Å². The van der Waals surface area contributed by atoms with Crippen molar-refractivity contribution in [2.75, 3.05) is 25.1 Å². The summed E-state index contributed by atoms with van der Waals surface area (Å²) in [5.74, 6) is -0.560. The molecule has 0 heterocycles. The Bertz CT molecular complexity index is 684. The van der Waals surface area contributed by atoms with Gasteiger partial charge in [-0.2, -0.15) is 5.10 Å². The molecule has 0 aromatic heterocycles. The number of phenolic OH excluding ortho intramolecular Hbond substituents is 1. The SMILES string of the molecule is CN(CCO)c1ccc(/C=N/NC(=O)c2ccccc2O)cc1. The van der Waals surface area contributed by atoms with E-state index in [4.69, 9.17) is 5.11 Å². The largest absolute Gasteiger partial charge is 0.507 e. The fraction of sp³-hybridized carbons (Fsp3) is 0.176.